The van der Waals surface area contributed by atoms with Gasteiger partial charge in [-0.05, 0) is 31.0 Å². The van der Waals surface area contributed by atoms with Crippen LogP contribution in [-0.2, 0) is 17.1 Å². The van der Waals surface area contributed by atoms with Crippen LogP contribution in [0.1, 0.15) is 24.7 Å². The topological polar surface area (TPSA) is 68.1 Å². The molecule has 0 bridgehead atoms. The van der Waals surface area contributed by atoms with Crippen molar-refractivity contribution in [2.45, 2.75) is 23.8 Å². The summed E-state index contributed by atoms with van der Waals surface area (Å²) in [5.74, 6) is -0.299. The molecule has 1 atom stereocenters. The van der Waals surface area contributed by atoms with Crippen LogP contribution in [0.5, 0.6) is 0 Å². The highest BCUT2D eigenvalue weighted by molar-refractivity contribution is 7.89. The summed E-state index contributed by atoms with van der Waals surface area (Å²) in [4.78, 5) is -0.369. The SMILES string of the molecule is Cn1cnnc1[C@H]1CCCN1S(=O)(=O)c1ccc(Cl)cc1F. The van der Waals surface area contributed by atoms with E-state index in [2.05, 4.69) is 10.2 Å². The van der Waals surface area contributed by atoms with E-state index in [1.54, 1.807) is 11.6 Å². The predicted octanol–water partition coefficient (Wildman–Crippen LogP) is 2.13. The summed E-state index contributed by atoms with van der Waals surface area (Å²) in [5, 5.41) is 7.92. The number of sulfonamides is 1. The molecule has 0 aliphatic carbocycles. The molecule has 0 spiro atoms. The van der Waals surface area contributed by atoms with Crippen molar-refractivity contribution < 1.29 is 12.8 Å². The van der Waals surface area contributed by atoms with E-state index in [9.17, 15) is 12.8 Å². The molecule has 0 unspecified atom stereocenters. The first kappa shape index (κ1) is 15.4. The fraction of sp³-hybridized carbons (Fsp3) is 0.385. The molecule has 0 saturated carbocycles. The number of hydrogen-bond acceptors (Lipinski definition) is 4. The number of halogens is 2. The smallest absolute Gasteiger partial charge is 0.246 e. The predicted molar refractivity (Wildman–Crippen MR) is 78.3 cm³/mol. The minimum Gasteiger partial charge on any atom is -0.319 e. The molecule has 1 aliphatic heterocycles. The molecule has 0 radical (unpaired) electrons. The molecular formula is C13H14ClFN4O2S. The van der Waals surface area contributed by atoms with E-state index in [0.29, 0.717) is 25.2 Å². The number of hydrogen-bond donors (Lipinski definition) is 0. The zero-order chi connectivity index (χ0) is 15.9. The van der Waals surface area contributed by atoms with Crippen LogP contribution in [0.25, 0.3) is 0 Å². The van der Waals surface area contributed by atoms with E-state index < -0.39 is 21.9 Å². The van der Waals surface area contributed by atoms with Gasteiger partial charge in [0, 0.05) is 18.6 Å². The van der Waals surface area contributed by atoms with E-state index in [1.807, 2.05) is 0 Å². The molecular weight excluding hydrogens is 331 g/mol. The summed E-state index contributed by atoms with van der Waals surface area (Å²) in [7, 11) is -2.21. The van der Waals surface area contributed by atoms with E-state index in [4.69, 9.17) is 11.6 Å². The van der Waals surface area contributed by atoms with Gasteiger partial charge >= 0.3 is 0 Å². The van der Waals surface area contributed by atoms with E-state index in [1.165, 1.54) is 22.8 Å². The minimum atomic E-state index is -3.96. The first-order valence-corrected chi connectivity index (χ1v) is 8.54. The van der Waals surface area contributed by atoms with Gasteiger partial charge in [0.25, 0.3) is 0 Å². The molecule has 6 nitrogen and oxygen atoms in total. The highest BCUT2D eigenvalue weighted by Gasteiger charge is 2.39. The fourth-order valence-corrected chi connectivity index (χ4v) is 4.55. The standard InChI is InChI=1S/C13H14ClFN4O2S/c1-18-8-16-17-13(18)11-3-2-6-19(11)22(20,21)12-5-4-9(14)7-10(12)15/h4-5,7-8,11H,2-3,6H2,1H3/t11-/m1/s1. The van der Waals surface area contributed by atoms with Gasteiger partial charge in [-0.25, -0.2) is 12.8 Å². The van der Waals surface area contributed by atoms with E-state index in [-0.39, 0.29) is 9.92 Å². The molecule has 1 aliphatic rings. The zero-order valence-corrected chi connectivity index (χ0v) is 13.4. The van der Waals surface area contributed by atoms with Crippen LogP contribution < -0.4 is 0 Å². The second-order valence-electron chi connectivity index (χ2n) is 5.15. The quantitative estimate of drug-likeness (QED) is 0.855. The third kappa shape index (κ3) is 2.51. The maximum Gasteiger partial charge on any atom is 0.246 e. The van der Waals surface area contributed by atoms with Crippen LogP contribution in [0.3, 0.4) is 0 Å². The van der Waals surface area contributed by atoms with Crippen LogP contribution >= 0.6 is 11.6 Å². The van der Waals surface area contributed by atoms with Gasteiger partial charge in [0.2, 0.25) is 10.0 Å². The molecule has 0 N–H and O–H groups in total. The Hall–Kier alpha value is -1.51. The lowest BCUT2D eigenvalue weighted by Crippen LogP contribution is -2.32. The summed E-state index contributed by atoms with van der Waals surface area (Å²) in [6.45, 7) is 0.321. The van der Waals surface area contributed by atoms with Crippen molar-refractivity contribution in [3.8, 4) is 0 Å². The monoisotopic (exact) mass is 344 g/mol. The molecule has 1 saturated heterocycles. The first-order chi connectivity index (χ1) is 10.4. The second kappa shape index (κ2) is 5.60. The molecule has 22 heavy (non-hydrogen) atoms. The molecule has 2 aromatic rings. The molecule has 1 aromatic heterocycles. The minimum absolute atomic E-state index is 0.155. The van der Waals surface area contributed by atoms with Gasteiger partial charge in [-0.15, -0.1) is 10.2 Å². The molecule has 118 valence electrons. The van der Waals surface area contributed by atoms with Crippen LogP contribution in [0.15, 0.2) is 29.4 Å². The van der Waals surface area contributed by atoms with Crippen molar-refractivity contribution in [1.29, 1.82) is 0 Å². The van der Waals surface area contributed by atoms with Crippen LogP contribution in [0.4, 0.5) is 4.39 Å². The Morgan fingerprint density at radius 1 is 1.41 bits per heavy atom. The van der Waals surface area contributed by atoms with E-state index in [0.717, 1.165) is 6.07 Å². The Labute approximate surface area is 132 Å². The van der Waals surface area contributed by atoms with Crippen molar-refractivity contribution in [3.63, 3.8) is 0 Å². The zero-order valence-electron chi connectivity index (χ0n) is 11.8. The maximum atomic E-state index is 14.0. The van der Waals surface area contributed by atoms with Gasteiger partial charge in [-0.1, -0.05) is 11.6 Å². The fourth-order valence-electron chi connectivity index (χ4n) is 2.69. The summed E-state index contributed by atoms with van der Waals surface area (Å²) in [6, 6.07) is 3.12. The summed E-state index contributed by atoms with van der Waals surface area (Å²) < 4.78 is 42.5. The number of benzene rings is 1. The maximum absolute atomic E-state index is 14.0. The van der Waals surface area contributed by atoms with Crippen LogP contribution in [-0.4, -0.2) is 34.0 Å². The van der Waals surface area contributed by atoms with Crippen LogP contribution in [0.2, 0.25) is 5.02 Å². The van der Waals surface area contributed by atoms with Crippen molar-refractivity contribution in [2.24, 2.45) is 7.05 Å². The number of aromatic nitrogens is 3. The first-order valence-electron chi connectivity index (χ1n) is 6.72. The molecule has 1 fully saturated rings. The Balaban J connectivity index is 2.03. The van der Waals surface area contributed by atoms with Crippen LogP contribution in [0, 0.1) is 5.82 Å². The van der Waals surface area contributed by atoms with Crippen molar-refractivity contribution >= 4 is 21.6 Å². The summed E-state index contributed by atoms with van der Waals surface area (Å²) in [5.41, 5.74) is 0. The number of nitrogens with zero attached hydrogens (tertiary/aromatic N) is 4. The van der Waals surface area contributed by atoms with Crippen molar-refractivity contribution in [3.05, 3.63) is 41.2 Å². The lowest BCUT2D eigenvalue weighted by atomic mass is 10.2. The normalized spacial score (nSPS) is 19.7. The Bertz CT molecular complexity index is 808. The lowest BCUT2D eigenvalue weighted by Gasteiger charge is -2.23. The van der Waals surface area contributed by atoms with E-state index >= 15 is 0 Å². The average Bonchev–Trinajstić information content (AvgIpc) is 3.06. The summed E-state index contributed by atoms with van der Waals surface area (Å²) >= 11 is 5.69. The third-order valence-electron chi connectivity index (χ3n) is 3.73. The lowest BCUT2D eigenvalue weighted by molar-refractivity contribution is 0.374. The van der Waals surface area contributed by atoms with Gasteiger partial charge in [-0.3, -0.25) is 0 Å². The molecule has 9 heteroatoms. The Morgan fingerprint density at radius 2 is 2.18 bits per heavy atom. The number of aryl methyl sites for hydroxylation is 1. The number of rotatable bonds is 3. The van der Waals surface area contributed by atoms with Gasteiger partial charge < -0.3 is 4.57 Å². The highest BCUT2D eigenvalue weighted by Crippen LogP contribution is 2.36. The largest absolute Gasteiger partial charge is 0.319 e. The summed E-state index contributed by atoms with van der Waals surface area (Å²) in [6.07, 6.45) is 2.83. The molecule has 3 rings (SSSR count). The Kier molecular flexibility index (Phi) is 3.92. The molecule has 1 aromatic carbocycles. The molecule has 0 amide bonds. The van der Waals surface area contributed by atoms with Gasteiger partial charge in [0.05, 0.1) is 6.04 Å². The van der Waals surface area contributed by atoms with Gasteiger partial charge in [-0.2, -0.15) is 4.31 Å². The highest BCUT2D eigenvalue weighted by atomic mass is 35.5. The van der Waals surface area contributed by atoms with Gasteiger partial charge in [0.15, 0.2) is 5.82 Å². The van der Waals surface area contributed by atoms with Crippen molar-refractivity contribution in [1.82, 2.24) is 19.1 Å². The average molecular weight is 345 g/mol. The van der Waals surface area contributed by atoms with Gasteiger partial charge in [0.1, 0.15) is 17.0 Å². The second-order valence-corrected chi connectivity index (χ2v) is 7.44. The third-order valence-corrected chi connectivity index (χ3v) is 5.91. The van der Waals surface area contributed by atoms with Crippen molar-refractivity contribution in [2.75, 3.05) is 6.54 Å². The molecule has 2 heterocycles. The Morgan fingerprint density at radius 3 is 2.82 bits per heavy atom.